The number of nitrogens with one attached hydrogen (secondary N) is 1. The molecule has 3 aromatic carbocycles. The number of aromatic nitrogens is 2. The van der Waals surface area contributed by atoms with Gasteiger partial charge in [-0.15, -0.1) is 0 Å². The molecule has 0 fully saturated rings. The summed E-state index contributed by atoms with van der Waals surface area (Å²) in [4.78, 5) is 17.5. The molecule has 0 aliphatic rings. The number of fused-ring (bicyclic) bond motifs is 1. The third kappa shape index (κ3) is 3.57. The van der Waals surface area contributed by atoms with E-state index in [1.807, 2.05) is 84.3 Å². The Balaban J connectivity index is 1.71. The van der Waals surface area contributed by atoms with Gasteiger partial charge in [-0.05, 0) is 55.0 Å². The number of imidazole rings is 1. The second-order valence-electron chi connectivity index (χ2n) is 6.38. The fourth-order valence-electron chi connectivity index (χ4n) is 3.10. The van der Waals surface area contributed by atoms with Gasteiger partial charge in [-0.3, -0.25) is 4.79 Å². The number of hydrogen-bond donors (Lipinski definition) is 1. The highest BCUT2D eigenvalue weighted by atomic mass is 35.5. The minimum Gasteiger partial charge on any atom is -0.324 e. The summed E-state index contributed by atoms with van der Waals surface area (Å²) in [7, 11) is 0. The summed E-state index contributed by atoms with van der Waals surface area (Å²) in [6.45, 7) is 2.15. The van der Waals surface area contributed by atoms with E-state index in [-0.39, 0.29) is 12.5 Å². The smallest absolute Gasteiger partial charge is 0.244 e. The molecule has 1 aromatic heterocycles. The Morgan fingerprint density at radius 1 is 1.00 bits per heavy atom. The molecule has 4 rings (SSSR count). The SMILES string of the molecule is Cc1ccccc1NC(=O)Cn1c(-c2ccc(Cl)cc2)nc2ccccc21. The van der Waals surface area contributed by atoms with Crippen molar-refractivity contribution in [3.63, 3.8) is 0 Å². The average Bonchev–Trinajstić information content (AvgIpc) is 3.03. The molecule has 0 aliphatic carbocycles. The van der Waals surface area contributed by atoms with Crippen molar-refractivity contribution in [2.45, 2.75) is 13.5 Å². The van der Waals surface area contributed by atoms with Crippen LogP contribution in [0.25, 0.3) is 22.4 Å². The maximum atomic E-state index is 12.7. The molecule has 0 radical (unpaired) electrons. The predicted octanol–water partition coefficient (Wildman–Crippen LogP) is 5.30. The van der Waals surface area contributed by atoms with Crippen LogP contribution in [0.3, 0.4) is 0 Å². The van der Waals surface area contributed by atoms with Gasteiger partial charge in [0, 0.05) is 16.3 Å². The topological polar surface area (TPSA) is 46.9 Å². The Hall–Kier alpha value is -3.11. The number of carbonyl (C=O) groups excluding carboxylic acids is 1. The number of hydrogen-bond acceptors (Lipinski definition) is 2. The van der Waals surface area contributed by atoms with Gasteiger partial charge in [0.05, 0.1) is 11.0 Å². The minimum atomic E-state index is -0.0948. The van der Waals surface area contributed by atoms with E-state index in [0.717, 1.165) is 33.7 Å². The number of nitrogens with zero attached hydrogens (tertiary/aromatic N) is 2. The van der Waals surface area contributed by atoms with Crippen LogP contribution in [-0.4, -0.2) is 15.5 Å². The van der Waals surface area contributed by atoms with Crippen molar-refractivity contribution >= 4 is 34.2 Å². The molecule has 27 heavy (non-hydrogen) atoms. The van der Waals surface area contributed by atoms with Crippen LogP contribution in [0.5, 0.6) is 0 Å². The molecular weight excluding hydrogens is 358 g/mol. The van der Waals surface area contributed by atoms with E-state index in [4.69, 9.17) is 16.6 Å². The molecule has 0 saturated carbocycles. The molecule has 5 heteroatoms. The summed E-state index contributed by atoms with van der Waals surface area (Å²) in [6, 6.07) is 23.0. The number of carbonyl (C=O) groups is 1. The molecule has 4 nitrogen and oxygen atoms in total. The van der Waals surface area contributed by atoms with Crippen molar-refractivity contribution in [3.8, 4) is 11.4 Å². The largest absolute Gasteiger partial charge is 0.324 e. The number of para-hydroxylation sites is 3. The van der Waals surface area contributed by atoms with Gasteiger partial charge in [0.1, 0.15) is 12.4 Å². The molecule has 4 aromatic rings. The molecule has 134 valence electrons. The maximum absolute atomic E-state index is 12.7. The normalized spacial score (nSPS) is 10.9. The van der Waals surface area contributed by atoms with E-state index < -0.39 is 0 Å². The molecule has 1 N–H and O–H groups in total. The number of rotatable bonds is 4. The lowest BCUT2D eigenvalue weighted by Gasteiger charge is -2.11. The Bertz CT molecular complexity index is 1120. The van der Waals surface area contributed by atoms with Gasteiger partial charge in [-0.2, -0.15) is 0 Å². The van der Waals surface area contributed by atoms with Crippen LogP contribution in [0.4, 0.5) is 5.69 Å². The highest BCUT2D eigenvalue weighted by Gasteiger charge is 2.15. The maximum Gasteiger partial charge on any atom is 0.244 e. The Labute approximate surface area is 162 Å². The van der Waals surface area contributed by atoms with Crippen molar-refractivity contribution < 1.29 is 4.79 Å². The molecule has 0 spiro atoms. The van der Waals surface area contributed by atoms with Crippen molar-refractivity contribution in [1.29, 1.82) is 0 Å². The monoisotopic (exact) mass is 375 g/mol. The van der Waals surface area contributed by atoms with Crippen LogP contribution in [-0.2, 0) is 11.3 Å². The Kier molecular flexibility index (Phi) is 4.65. The van der Waals surface area contributed by atoms with Gasteiger partial charge >= 0.3 is 0 Å². The van der Waals surface area contributed by atoms with Crippen molar-refractivity contribution in [2.24, 2.45) is 0 Å². The molecule has 1 heterocycles. The first-order valence-corrected chi connectivity index (χ1v) is 9.06. The quantitative estimate of drug-likeness (QED) is 0.525. The average molecular weight is 376 g/mol. The van der Waals surface area contributed by atoms with Gasteiger partial charge in [-0.1, -0.05) is 41.9 Å². The van der Waals surface area contributed by atoms with Gasteiger partial charge < -0.3 is 9.88 Å². The fraction of sp³-hybridized carbons (Fsp3) is 0.0909. The van der Waals surface area contributed by atoms with Crippen LogP contribution in [0.15, 0.2) is 72.8 Å². The van der Waals surface area contributed by atoms with E-state index >= 15 is 0 Å². The lowest BCUT2D eigenvalue weighted by Crippen LogP contribution is -2.19. The third-order valence-corrected chi connectivity index (χ3v) is 4.73. The fourth-order valence-corrected chi connectivity index (χ4v) is 3.23. The zero-order chi connectivity index (χ0) is 18.8. The second-order valence-corrected chi connectivity index (χ2v) is 6.82. The van der Waals surface area contributed by atoms with Crippen molar-refractivity contribution in [2.75, 3.05) is 5.32 Å². The van der Waals surface area contributed by atoms with E-state index in [0.29, 0.717) is 5.02 Å². The molecule has 0 unspecified atom stereocenters. The lowest BCUT2D eigenvalue weighted by molar-refractivity contribution is -0.116. The van der Waals surface area contributed by atoms with E-state index in [1.54, 1.807) is 0 Å². The molecule has 0 aliphatic heterocycles. The summed E-state index contributed by atoms with van der Waals surface area (Å²) < 4.78 is 1.94. The number of aryl methyl sites for hydroxylation is 1. The van der Waals surface area contributed by atoms with E-state index in [2.05, 4.69) is 5.32 Å². The van der Waals surface area contributed by atoms with Crippen LogP contribution in [0.1, 0.15) is 5.56 Å². The summed E-state index contributed by atoms with van der Waals surface area (Å²) in [6.07, 6.45) is 0. The second kappa shape index (κ2) is 7.25. The minimum absolute atomic E-state index is 0.0948. The zero-order valence-corrected chi connectivity index (χ0v) is 15.6. The summed E-state index contributed by atoms with van der Waals surface area (Å²) in [5, 5.41) is 3.66. The highest BCUT2D eigenvalue weighted by molar-refractivity contribution is 6.30. The van der Waals surface area contributed by atoms with Gasteiger partial charge in [-0.25, -0.2) is 4.98 Å². The molecule has 1 amide bonds. The van der Waals surface area contributed by atoms with Gasteiger partial charge in [0.2, 0.25) is 5.91 Å². The van der Waals surface area contributed by atoms with Crippen LogP contribution in [0.2, 0.25) is 5.02 Å². The third-order valence-electron chi connectivity index (χ3n) is 4.48. The van der Waals surface area contributed by atoms with Crippen LogP contribution >= 0.6 is 11.6 Å². The molecular formula is C22H18ClN3O. The first-order chi connectivity index (χ1) is 13.1. The molecule has 0 saturated heterocycles. The summed E-state index contributed by atoms with van der Waals surface area (Å²) in [5.74, 6) is 0.649. The van der Waals surface area contributed by atoms with Crippen molar-refractivity contribution in [3.05, 3.63) is 83.4 Å². The van der Waals surface area contributed by atoms with Gasteiger partial charge in [0.15, 0.2) is 0 Å². The highest BCUT2D eigenvalue weighted by Crippen LogP contribution is 2.26. The number of halogens is 1. The van der Waals surface area contributed by atoms with Crippen LogP contribution in [0, 0.1) is 6.92 Å². The van der Waals surface area contributed by atoms with E-state index in [9.17, 15) is 4.79 Å². The first kappa shape index (κ1) is 17.3. The molecule has 0 bridgehead atoms. The van der Waals surface area contributed by atoms with Crippen molar-refractivity contribution in [1.82, 2.24) is 9.55 Å². The Morgan fingerprint density at radius 2 is 1.70 bits per heavy atom. The van der Waals surface area contributed by atoms with Crippen LogP contribution < -0.4 is 5.32 Å². The zero-order valence-electron chi connectivity index (χ0n) is 14.8. The lowest BCUT2D eigenvalue weighted by atomic mass is 10.2. The first-order valence-electron chi connectivity index (χ1n) is 8.68. The van der Waals surface area contributed by atoms with Gasteiger partial charge in [0.25, 0.3) is 0 Å². The number of benzene rings is 3. The number of anilines is 1. The summed E-state index contributed by atoms with van der Waals surface area (Å²) >= 11 is 6.02. The predicted molar refractivity (Wildman–Crippen MR) is 110 cm³/mol. The number of amides is 1. The standard InChI is InChI=1S/C22H18ClN3O/c1-15-6-2-3-7-18(15)24-21(27)14-26-20-9-5-4-8-19(20)25-22(26)16-10-12-17(23)13-11-16/h2-13H,14H2,1H3,(H,24,27). The van der Waals surface area contributed by atoms with E-state index in [1.165, 1.54) is 0 Å². The molecule has 0 atom stereocenters. The Morgan fingerprint density at radius 3 is 2.48 bits per heavy atom. The summed E-state index contributed by atoms with van der Waals surface area (Å²) in [5.41, 5.74) is 4.53.